The Morgan fingerprint density at radius 1 is 0.833 bits per heavy atom. The maximum atomic E-state index is 4.28. The second-order valence-electron chi connectivity index (χ2n) is 3.51. The molecule has 3 rings (SSSR count). The molecule has 2 aromatic heterocycles. The van der Waals surface area contributed by atoms with Crippen molar-refractivity contribution in [2.45, 2.75) is 0 Å². The molecular formula is C12H10N6. The number of nitrogens with zero attached hydrogens (tertiary/aromatic N) is 6. The van der Waals surface area contributed by atoms with Crippen molar-refractivity contribution < 1.29 is 0 Å². The van der Waals surface area contributed by atoms with Crippen LogP contribution in [0.3, 0.4) is 0 Å². The van der Waals surface area contributed by atoms with Gasteiger partial charge in [-0.2, -0.15) is 0 Å². The van der Waals surface area contributed by atoms with Gasteiger partial charge in [-0.05, 0) is 29.5 Å². The molecule has 0 atom stereocenters. The van der Waals surface area contributed by atoms with E-state index in [4.69, 9.17) is 0 Å². The van der Waals surface area contributed by atoms with E-state index in [9.17, 15) is 0 Å². The van der Waals surface area contributed by atoms with Crippen LogP contribution in [0.4, 0.5) is 11.6 Å². The van der Waals surface area contributed by atoms with Crippen LogP contribution >= 0.6 is 0 Å². The summed E-state index contributed by atoms with van der Waals surface area (Å²) in [6.45, 7) is 0. The first-order valence-electron chi connectivity index (χ1n) is 5.44. The Hall–Kier alpha value is -2.76. The van der Waals surface area contributed by atoms with E-state index in [1.165, 1.54) is 0 Å². The van der Waals surface area contributed by atoms with Gasteiger partial charge in [-0.3, -0.25) is 0 Å². The normalized spacial score (nSPS) is 14.0. The number of aromatic nitrogens is 2. The van der Waals surface area contributed by atoms with Crippen LogP contribution < -0.4 is 10.1 Å². The Bertz CT molecular complexity index is 512. The summed E-state index contributed by atoms with van der Waals surface area (Å²) in [6.07, 6.45) is 6.82. The van der Waals surface area contributed by atoms with Crippen molar-refractivity contribution in [2.75, 3.05) is 10.1 Å². The first-order valence-corrected chi connectivity index (χ1v) is 5.44. The molecule has 0 radical (unpaired) electrons. The molecule has 0 amide bonds. The van der Waals surface area contributed by atoms with Gasteiger partial charge in [0, 0.05) is 12.4 Å². The fourth-order valence-corrected chi connectivity index (χ4v) is 1.57. The molecule has 88 valence electrons. The highest BCUT2D eigenvalue weighted by Gasteiger charge is 2.18. The summed E-state index contributed by atoms with van der Waals surface area (Å²) >= 11 is 0. The Morgan fingerprint density at radius 3 is 2.22 bits per heavy atom. The van der Waals surface area contributed by atoms with E-state index in [-0.39, 0.29) is 0 Å². The molecule has 0 saturated carbocycles. The average Bonchev–Trinajstić information content (AvgIpc) is 2.49. The van der Waals surface area contributed by atoms with Crippen molar-refractivity contribution in [2.24, 2.45) is 10.3 Å². The maximum Gasteiger partial charge on any atom is 0.174 e. The Balaban J connectivity index is 1.98. The number of hydrogen-bond donors (Lipinski definition) is 0. The second-order valence-corrected chi connectivity index (χ2v) is 3.51. The minimum Gasteiger partial charge on any atom is -0.237 e. The average molecular weight is 238 g/mol. The van der Waals surface area contributed by atoms with E-state index in [1.54, 1.807) is 34.9 Å². The zero-order valence-electron chi connectivity index (χ0n) is 9.46. The third kappa shape index (κ3) is 1.91. The molecule has 1 aliphatic rings. The van der Waals surface area contributed by atoms with Crippen LogP contribution in [0.15, 0.2) is 71.5 Å². The number of anilines is 2. The van der Waals surface area contributed by atoms with Gasteiger partial charge in [0.1, 0.15) is 0 Å². The molecule has 1 aliphatic heterocycles. The summed E-state index contributed by atoms with van der Waals surface area (Å²) in [7, 11) is 0. The van der Waals surface area contributed by atoms with Crippen molar-refractivity contribution >= 4 is 11.6 Å². The summed E-state index contributed by atoms with van der Waals surface area (Å²) in [4.78, 5) is 8.53. The van der Waals surface area contributed by atoms with E-state index < -0.39 is 0 Å². The molecule has 0 aliphatic carbocycles. The van der Waals surface area contributed by atoms with Crippen molar-refractivity contribution in [3.8, 4) is 0 Å². The molecule has 0 fully saturated rings. The van der Waals surface area contributed by atoms with Gasteiger partial charge >= 0.3 is 0 Å². The van der Waals surface area contributed by atoms with E-state index >= 15 is 0 Å². The second kappa shape index (κ2) is 4.62. The quantitative estimate of drug-likeness (QED) is 0.806. The SMILES string of the molecule is C1=CN(c2ccccn2)N(c2ccccn2)N=N1. The van der Waals surface area contributed by atoms with Crippen LogP contribution in [-0.4, -0.2) is 9.97 Å². The van der Waals surface area contributed by atoms with Gasteiger partial charge in [-0.25, -0.2) is 15.0 Å². The molecule has 3 heterocycles. The van der Waals surface area contributed by atoms with Gasteiger partial charge in [0.25, 0.3) is 0 Å². The zero-order valence-corrected chi connectivity index (χ0v) is 9.46. The molecule has 0 aromatic carbocycles. The van der Waals surface area contributed by atoms with Gasteiger partial charge in [-0.1, -0.05) is 12.1 Å². The smallest absolute Gasteiger partial charge is 0.174 e. The number of rotatable bonds is 2. The highest BCUT2D eigenvalue weighted by atomic mass is 15.8. The van der Waals surface area contributed by atoms with Gasteiger partial charge < -0.3 is 0 Å². The van der Waals surface area contributed by atoms with Crippen LogP contribution in [0, 0.1) is 0 Å². The van der Waals surface area contributed by atoms with Crippen LogP contribution in [0.2, 0.25) is 0 Å². The fourth-order valence-electron chi connectivity index (χ4n) is 1.57. The lowest BCUT2D eigenvalue weighted by Crippen LogP contribution is -2.37. The number of pyridine rings is 2. The topological polar surface area (TPSA) is 57.0 Å². The predicted octanol–water partition coefficient (Wildman–Crippen LogP) is 2.56. The monoisotopic (exact) mass is 238 g/mol. The fraction of sp³-hybridized carbons (Fsp3) is 0. The lowest BCUT2D eigenvalue weighted by molar-refractivity contribution is 0.758. The summed E-state index contributed by atoms with van der Waals surface area (Å²) in [5.41, 5.74) is 0. The maximum absolute atomic E-state index is 4.28. The van der Waals surface area contributed by atoms with Gasteiger partial charge in [0.15, 0.2) is 11.6 Å². The highest BCUT2D eigenvalue weighted by molar-refractivity contribution is 5.52. The summed E-state index contributed by atoms with van der Waals surface area (Å²) in [5, 5.41) is 11.3. The Morgan fingerprint density at radius 2 is 1.56 bits per heavy atom. The Kier molecular flexibility index (Phi) is 2.67. The van der Waals surface area contributed by atoms with Crippen LogP contribution in [-0.2, 0) is 0 Å². The number of hydrogen-bond acceptors (Lipinski definition) is 6. The summed E-state index contributed by atoms with van der Waals surface area (Å²) < 4.78 is 0. The molecule has 0 saturated heterocycles. The Labute approximate surface area is 104 Å². The van der Waals surface area contributed by atoms with E-state index in [0.29, 0.717) is 5.82 Å². The molecular weight excluding hydrogens is 228 g/mol. The van der Waals surface area contributed by atoms with Gasteiger partial charge in [-0.15, -0.1) is 10.2 Å². The van der Waals surface area contributed by atoms with E-state index in [0.717, 1.165) is 5.82 Å². The molecule has 6 nitrogen and oxygen atoms in total. The molecule has 0 unspecified atom stereocenters. The first kappa shape index (κ1) is 10.4. The minimum atomic E-state index is 0.677. The van der Waals surface area contributed by atoms with Gasteiger partial charge in [0.05, 0.1) is 12.4 Å². The molecule has 0 bridgehead atoms. The lowest BCUT2D eigenvalue weighted by atomic mass is 10.4. The van der Waals surface area contributed by atoms with Crippen molar-refractivity contribution in [1.29, 1.82) is 0 Å². The number of hydrazine groups is 1. The van der Waals surface area contributed by atoms with E-state index in [2.05, 4.69) is 20.3 Å². The van der Waals surface area contributed by atoms with Gasteiger partial charge in [0.2, 0.25) is 0 Å². The van der Waals surface area contributed by atoms with E-state index in [1.807, 2.05) is 36.4 Å². The van der Waals surface area contributed by atoms with Crippen molar-refractivity contribution in [3.05, 3.63) is 61.2 Å². The predicted molar refractivity (Wildman–Crippen MR) is 67.4 cm³/mol. The van der Waals surface area contributed by atoms with Crippen LogP contribution in [0.1, 0.15) is 0 Å². The lowest BCUT2D eigenvalue weighted by Gasteiger charge is -2.29. The standard InChI is InChI=1S/C12H10N6/c1-3-7-13-11(5-1)17-10-9-15-16-18(17)12-6-2-4-8-14-12/h1-10H. The van der Waals surface area contributed by atoms with Crippen LogP contribution in [0.5, 0.6) is 0 Å². The largest absolute Gasteiger partial charge is 0.237 e. The third-order valence-electron chi connectivity index (χ3n) is 2.35. The highest BCUT2D eigenvalue weighted by Crippen LogP contribution is 2.22. The molecule has 18 heavy (non-hydrogen) atoms. The summed E-state index contributed by atoms with van der Waals surface area (Å²) in [5.74, 6) is 1.43. The molecule has 0 spiro atoms. The molecule has 0 N–H and O–H groups in total. The molecule has 6 heteroatoms. The first-order chi connectivity index (χ1) is 8.95. The third-order valence-corrected chi connectivity index (χ3v) is 2.35. The zero-order chi connectivity index (χ0) is 12.2. The van der Waals surface area contributed by atoms with Crippen molar-refractivity contribution in [1.82, 2.24) is 9.97 Å². The van der Waals surface area contributed by atoms with Crippen molar-refractivity contribution in [3.63, 3.8) is 0 Å². The summed E-state index contributed by atoms with van der Waals surface area (Å²) in [6, 6.07) is 11.3. The van der Waals surface area contributed by atoms with Crippen LogP contribution in [0.25, 0.3) is 0 Å². The molecule has 2 aromatic rings. The minimum absolute atomic E-state index is 0.677.